The van der Waals surface area contributed by atoms with Crippen molar-refractivity contribution in [3.63, 3.8) is 0 Å². The lowest BCUT2D eigenvalue weighted by molar-refractivity contribution is -0.115. The number of amides is 1. The number of fused-ring (bicyclic) bond motifs is 1. The van der Waals surface area contributed by atoms with Crippen LogP contribution < -0.4 is 5.43 Å². The fourth-order valence-corrected chi connectivity index (χ4v) is 1.34. The molecule has 3 rings (SSSR count). The molecule has 0 fully saturated rings. The largest absolute Gasteiger partial charge is 0.476 e. The zero-order chi connectivity index (χ0) is 13.1. The Labute approximate surface area is 103 Å². The van der Waals surface area contributed by atoms with Crippen LogP contribution in [-0.4, -0.2) is 26.9 Å². The second kappa shape index (κ2) is 4.70. The maximum atomic E-state index is 10.5. The fourth-order valence-electron chi connectivity index (χ4n) is 1.34. The number of benzene rings is 1. The zero-order valence-corrected chi connectivity index (χ0v) is 9.62. The van der Waals surface area contributed by atoms with Gasteiger partial charge in [0.25, 0.3) is 0 Å². The van der Waals surface area contributed by atoms with Crippen LogP contribution >= 0.6 is 0 Å². The number of hydrogen-bond acceptors (Lipinski definition) is 3. The van der Waals surface area contributed by atoms with Gasteiger partial charge in [-0.15, -0.1) is 5.10 Å². The molecule has 2 N–H and O–H groups in total. The van der Waals surface area contributed by atoms with Gasteiger partial charge in [0.1, 0.15) is 0 Å². The number of carbonyl (C=O) groups excluding carboxylic acids is 1. The topological polar surface area (TPSA) is 84.2 Å². The van der Waals surface area contributed by atoms with Gasteiger partial charge in [-0.1, -0.05) is 18.2 Å². The van der Waals surface area contributed by atoms with E-state index < -0.39 is 5.97 Å². The standard InChI is InChI=1S/C6H7N3O3.C6H4/c1-4(10)7-9-3-2-5(8-9)6(11)12;1-2-5-4-6(5)3-1/h2-3H,1H3,(H,7,10)(H,11,12);1-4H. The number of nitrogens with zero attached hydrogens (tertiary/aromatic N) is 2. The number of hydrogen-bond donors (Lipinski definition) is 2. The molecule has 1 heterocycles. The zero-order valence-electron chi connectivity index (χ0n) is 9.62. The van der Waals surface area contributed by atoms with Gasteiger partial charge in [-0.2, -0.15) is 4.79 Å². The molecule has 0 spiro atoms. The van der Waals surface area contributed by atoms with Crippen LogP contribution in [0.5, 0.6) is 0 Å². The molecule has 6 nitrogen and oxygen atoms in total. The molecule has 2 aliphatic carbocycles. The van der Waals surface area contributed by atoms with E-state index in [-0.39, 0.29) is 11.6 Å². The fraction of sp³-hybridized carbons (Fsp3) is 0.0833. The molecule has 0 unspecified atom stereocenters. The van der Waals surface area contributed by atoms with Gasteiger partial charge in [-0.05, 0) is 23.3 Å². The molecule has 1 aromatic heterocycles. The summed E-state index contributed by atoms with van der Waals surface area (Å²) >= 11 is 0. The van der Waals surface area contributed by atoms with Crippen molar-refractivity contribution in [3.8, 4) is 11.1 Å². The van der Waals surface area contributed by atoms with Crippen molar-refractivity contribution in [2.45, 2.75) is 6.92 Å². The highest BCUT2D eigenvalue weighted by Crippen LogP contribution is 2.32. The average Bonchev–Trinajstić information content (AvgIpc) is 2.75. The number of aromatic carboxylic acids is 1. The van der Waals surface area contributed by atoms with E-state index in [0.717, 1.165) is 4.79 Å². The summed E-state index contributed by atoms with van der Waals surface area (Å²) in [5, 5.41) is 12.0. The number of carbonyl (C=O) groups is 2. The lowest BCUT2D eigenvalue weighted by Crippen LogP contribution is -2.20. The normalized spacial score (nSPS) is 10.1. The third-order valence-corrected chi connectivity index (χ3v) is 2.19. The molecule has 0 bridgehead atoms. The minimum absolute atomic E-state index is 0.108. The quantitative estimate of drug-likeness (QED) is 0.713. The predicted molar refractivity (Wildman–Crippen MR) is 64.7 cm³/mol. The maximum absolute atomic E-state index is 10.5. The molecule has 6 heteroatoms. The molecular weight excluding hydrogens is 234 g/mol. The molecule has 0 radical (unpaired) electrons. The van der Waals surface area contributed by atoms with E-state index in [9.17, 15) is 9.59 Å². The first-order chi connectivity index (χ1) is 8.56. The molecule has 1 aromatic rings. The van der Waals surface area contributed by atoms with Gasteiger partial charge in [-0.25, -0.2) is 10.2 Å². The smallest absolute Gasteiger partial charge is 0.356 e. The van der Waals surface area contributed by atoms with Crippen molar-refractivity contribution in [3.05, 3.63) is 42.2 Å². The predicted octanol–water partition coefficient (Wildman–Crippen LogP) is 1.34. The summed E-state index contributed by atoms with van der Waals surface area (Å²) < 4.78 is 0. The van der Waals surface area contributed by atoms with E-state index in [0.29, 0.717) is 0 Å². The minimum atomic E-state index is -1.13. The Morgan fingerprint density at radius 3 is 2.28 bits per heavy atom. The molecule has 1 amide bonds. The molecule has 18 heavy (non-hydrogen) atoms. The lowest BCUT2D eigenvalue weighted by Gasteiger charge is -1.98. The van der Waals surface area contributed by atoms with Crippen LogP contribution in [0.25, 0.3) is 11.1 Å². The molecule has 92 valence electrons. The SMILES string of the molecule is CC(=O)Nn1ccc(C(=O)O)n1.c1cc2cc-2c1. The Hall–Kier alpha value is -2.63. The van der Waals surface area contributed by atoms with Crippen LogP contribution in [0.2, 0.25) is 0 Å². The number of carboxylic acid groups (broad SMARTS) is 1. The number of nitrogens with one attached hydrogen (secondary N) is 1. The van der Waals surface area contributed by atoms with Crippen molar-refractivity contribution in [2.24, 2.45) is 0 Å². The van der Waals surface area contributed by atoms with Gasteiger partial charge in [0.15, 0.2) is 5.69 Å². The van der Waals surface area contributed by atoms with Crippen molar-refractivity contribution >= 4 is 11.9 Å². The highest BCUT2D eigenvalue weighted by molar-refractivity contribution is 5.85. The van der Waals surface area contributed by atoms with Crippen molar-refractivity contribution in [2.75, 3.05) is 5.43 Å². The van der Waals surface area contributed by atoms with E-state index in [2.05, 4.69) is 34.8 Å². The third-order valence-electron chi connectivity index (χ3n) is 2.19. The van der Waals surface area contributed by atoms with E-state index in [4.69, 9.17) is 5.11 Å². The van der Waals surface area contributed by atoms with Crippen LogP contribution in [0.1, 0.15) is 17.4 Å². The summed E-state index contributed by atoms with van der Waals surface area (Å²) in [6.45, 7) is 1.31. The van der Waals surface area contributed by atoms with Crippen LogP contribution in [-0.2, 0) is 4.79 Å². The summed E-state index contributed by atoms with van der Waals surface area (Å²) in [5.41, 5.74) is 5.03. The van der Waals surface area contributed by atoms with Crippen molar-refractivity contribution in [1.29, 1.82) is 0 Å². The Bertz CT molecular complexity index is 587. The molecule has 2 aliphatic rings. The average molecular weight is 245 g/mol. The van der Waals surface area contributed by atoms with Crippen molar-refractivity contribution < 1.29 is 14.7 Å². The second-order valence-corrected chi connectivity index (χ2v) is 3.70. The first kappa shape index (κ1) is 11.8. The van der Waals surface area contributed by atoms with E-state index in [1.165, 1.54) is 30.3 Å². The van der Waals surface area contributed by atoms with Crippen molar-refractivity contribution in [1.82, 2.24) is 9.89 Å². The van der Waals surface area contributed by atoms with Gasteiger partial charge >= 0.3 is 5.97 Å². The highest BCUT2D eigenvalue weighted by Gasteiger charge is 2.07. The molecule has 0 aliphatic heterocycles. The number of aromatic nitrogens is 2. The summed E-state index contributed by atoms with van der Waals surface area (Å²) in [4.78, 5) is 21.8. The Kier molecular flexibility index (Phi) is 3.09. The Morgan fingerprint density at radius 2 is 1.94 bits per heavy atom. The van der Waals surface area contributed by atoms with Gasteiger partial charge < -0.3 is 5.11 Å². The van der Waals surface area contributed by atoms with E-state index in [1.54, 1.807) is 0 Å². The van der Waals surface area contributed by atoms with E-state index in [1.807, 2.05) is 0 Å². The first-order valence-electron chi connectivity index (χ1n) is 5.23. The molecule has 0 aromatic carbocycles. The summed E-state index contributed by atoms with van der Waals surface area (Å²) in [6, 6.07) is 9.77. The Balaban J connectivity index is 0.000000164. The van der Waals surface area contributed by atoms with Crippen LogP contribution in [0.3, 0.4) is 0 Å². The molecule has 0 atom stereocenters. The summed E-state index contributed by atoms with van der Waals surface area (Å²) in [5.74, 6) is -1.44. The van der Waals surface area contributed by atoms with Crippen LogP contribution in [0.4, 0.5) is 0 Å². The third kappa shape index (κ3) is 2.94. The van der Waals surface area contributed by atoms with Crippen LogP contribution in [0, 0.1) is 0 Å². The second-order valence-electron chi connectivity index (χ2n) is 3.70. The van der Waals surface area contributed by atoms with Gasteiger partial charge in [0.05, 0.1) is 0 Å². The van der Waals surface area contributed by atoms with Gasteiger partial charge in [-0.3, -0.25) is 4.79 Å². The highest BCUT2D eigenvalue weighted by atomic mass is 16.4. The summed E-state index contributed by atoms with van der Waals surface area (Å²) in [7, 11) is 0. The number of rotatable bonds is 2. The molecular formula is C12H11N3O3. The number of carboxylic acids is 1. The summed E-state index contributed by atoms with van der Waals surface area (Å²) in [6.07, 6.45) is 1.35. The Morgan fingerprint density at radius 1 is 1.28 bits per heavy atom. The lowest BCUT2D eigenvalue weighted by atomic mass is 10.5. The van der Waals surface area contributed by atoms with Gasteiger partial charge in [0.2, 0.25) is 5.91 Å². The molecule has 0 saturated carbocycles. The molecule has 0 saturated heterocycles. The van der Waals surface area contributed by atoms with Gasteiger partial charge in [0, 0.05) is 13.1 Å². The van der Waals surface area contributed by atoms with E-state index >= 15 is 0 Å². The maximum Gasteiger partial charge on any atom is 0.356 e. The van der Waals surface area contributed by atoms with Crippen LogP contribution in [0.15, 0.2) is 36.5 Å². The monoisotopic (exact) mass is 245 g/mol. The minimum Gasteiger partial charge on any atom is -0.476 e. The first-order valence-corrected chi connectivity index (χ1v) is 5.23.